The summed E-state index contributed by atoms with van der Waals surface area (Å²) in [5, 5.41) is 7.13. The summed E-state index contributed by atoms with van der Waals surface area (Å²) in [7, 11) is -3.53. The molecule has 0 aliphatic heterocycles. The molecule has 0 bridgehead atoms. The Balaban J connectivity index is 2.06. The van der Waals surface area contributed by atoms with Crippen LogP contribution in [0.1, 0.15) is 23.9 Å². The Hall–Kier alpha value is -0.960. The predicted octanol–water partition coefficient (Wildman–Crippen LogP) is 2.81. The smallest absolute Gasteiger partial charge is 0.264 e. The van der Waals surface area contributed by atoms with Crippen LogP contribution in [0.2, 0.25) is 0 Å². The van der Waals surface area contributed by atoms with E-state index < -0.39 is 10.0 Å². The molecule has 0 radical (unpaired) electrons. The van der Waals surface area contributed by atoms with Gasteiger partial charge < -0.3 is 5.32 Å². The monoisotopic (exact) mass is 331 g/mol. The Labute approximate surface area is 127 Å². The highest BCUT2D eigenvalue weighted by Crippen LogP contribution is 2.23. The van der Waals surface area contributed by atoms with Gasteiger partial charge >= 0.3 is 0 Å². The summed E-state index contributed by atoms with van der Waals surface area (Å²) in [5.41, 5.74) is 0.808. The van der Waals surface area contributed by atoms with Crippen molar-refractivity contribution >= 4 is 37.8 Å². The molecule has 0 aliphatic carbocycles. The number of aromatic nitrogens is 1. The fraction of sp³-hybridized carbons (Fsp3) is 0.417. The Bertz CT molecular complexity index is 661. The zero-order valence-corrected chi connectivity index (χ0v) is 13.8. The summed E-state index contributed by atoms with van der Waals surface area (Å²) in [5.74, 6) is 0. The molecule has 0 saturated heterocycles. The number of nitrogens with zero attached hydrogens (tertiary/aromatic N) is 1. The van der Waals surface area contributed by atoms with Gasteiger partial charge in [0.25, 0.3) is 10.0 Å². The minimum atomic E-state index is -3.53. The lowest BCUT2D eigenvalue weighted by Gasteiger charge is -2.02. The fourth-order valence-electron chi connectivity index (χ4n) is 1.56. The largest absolute Gasteiger partial charge is 0.312 e. The third-order valence-corrected chi connectivity index (χ3v) is 5.92. The number of rotatable bonds is 7. The number of thiazole rings is 1. The third-order valence-electron chi connectivity index (χ3n) is 2.51. The zero-order chi connectivity index (χ0) is 14.6. The maximum absolute atomic E-state index is 12.2. The molecule has 110 valence electrons. The number of thiophene rings is 1. The Kier molecular flexibility index (Phi) is 5.14. The topological polar surface area (TPSA) is 71.1 Å². The number of hydrogen-bond acceptors (Lipinski definition) is 6. The summed E-state index contributed by atoms with van der Waals surface area (Å²) in [6.07, 6.45) is 1.06. The molecule has 0 unspecified atom stereocenters. The van der Waals surface area contributed by atoms with Crippen LogP contribution in [0, 0.1) is 6.92 Å². The van der Waals surface area contributed by atoms with E-state index in [1.807, 2.05) is 12.3 Å². The van der Waals surface area contributed by atoms with E-state index >= 15 is 0 Å². The van der Waals surface area contributed by atoms with Crippen LogP contribution in [0.3, 0.4) is 0 Å². The van der Waals surface area contributed by atoms with Crippen LogP contribution in [0.4, 0.5) is 5.13 Å². The fourth-order valence-corrected chi connectivity index (χ4v) is 4.74. The summed E-state index contributed by atoms with van der Waals surface area (Å²) in [6, 6.07) is 1.70. The first-order chi connectivity index (χ1) is 9.51. The van der Waals surface area contributed by atoms with E-state index in [0.717, 1.165) is 23.5 Å². The lowest BCUT2D eigenvalue weighted by Crippen LogP contribution is -2.13. The van der Waals surface area contributed by atoms with E-state index in [0.29, 0.717) is 16.6 Å². The molecule has 8 heteroatoms. The molecule has 0 aliphatic rings. The molecule has 2 aromatic heterocycles. The number of nitrogens with one attached hydrogen (secondary N) is 2. The molecule has 2 rings (SSSR count). The van der Waals surface area contributed by atoms with Gasteiger partial charge in [-0.2, -0.15) is 0 Å². The maximum atomic E-state index is 12.2. The normalized spacial score (nSPS) is 11.7. The van der Waals surface area contributed by atoms with Crippen LogP contribution in [0.5, 0.6) is 0 Å². The van der Waals surface area contributed by atoms with Gasteiger partial charge in [0.1, 0.15) is 0 Å². The van der Waals surface area contributed by atoms with Gasteiger partial charge in [0, 0.05) is 22.2 Å². The van der Waals surface area contributed by atoms with E-state index in [4.69, 9.17) is 0 Å². The molecule has 0 aromatic carbocycles. The van der Waals surface area contributed by atoms with Crippen LogP contribution in [0.15, 0.2) is 21.7 Å². The van der Waals surface area contributed by atoms with Crippen LogP contribution < -0.4 is 10.0 Å². The van der Waals surface area contributed by atoms with Gasteiger partial charge in [-0.25, -0.2) is 13.4 Å². The molecule has 5 nitrogen and oxygen atoms in total. The van der Waals surface area contributed by atoms with Gasteiger partial charge in [0.2, 0.25) is 0 Å². The van der Waals surface area contributed by atoms with Crippen molar-refractivity contribution < 1.29 is 8.42 Å². The van der Waals surface area contributed by atoms with Crippen molar-refractivity contribution in [1.82, 2.24) is 10.3 Å². The van der Waals surface area contributed by atoms with Crippen molar-refractivity contribution in [2.24, 2.45) is 0 Å². The van der Waals surface area contributed by atoms with Crippen LogP contribution in [-0.4, -0.2) is 19.9 Å². The zero-order valence-electron chi connectivity index (χ0n) is 11.3. The standard InChI is InChI=1S/C12H17N3O2S3/c1-3-4-13-6-10-5-11(8-18-10)20(16,17)15-12-14-9(2)7-19-12/h5,7-8,13H,3-4,6H2,1-2H3,(H,14,15). The van der Waals surface area contributed by atoms with Crippen LogP contribution >= 0.6 is 22.7 Å². The van der Waals surface area contributed by atoms with Crippen molar-refractivity contribution in [1.29, 1.82) is 0 Å². The second-order valence-corrected chi connectivity index (χ2v) is 7.86. The highest BCUT2D eigenvalue weighted by atomic mass is 32.2. The van der Waals surface area contributed by atoms with Crippen LogP contribution in [0.25, 0.3) is 0 Å². The molecule has 0 amide bonds. The predicted molar refractivity (Wildman–Crippen MR) is 84.0 cm³/mol. The highest BCUT2D eigenvalue weighted by molar-refractivity contribution is 7.93. The molecule has 20 heavy (non-hydrogen) atoms. The number of aryl methyl sites for hydroxylation is 1. The van der Waals surface area contributed by atoms with Gasteiger partial charge in [-0.15, -0.1) is 22.7 Å². The number of hydrogen-bond donors (Lipinski definition) is 2. The van der Waals surface area contributed by atoms with Gasteiger partial charge in [0.05, 0.1) is 10.6 Å². The SMILES string of the molecule is CCCNCc1cc(S(=O)(=O)Nc2nc(C)cs2)cs1. The van der Waals surface area contributed by atoms with Crippen molar-refractivity contribution in [3.63, 3.8) is 0 Å². The molecule has 0 saturated carbocycles. The first-order valence-corrected chi connectivity index (χ1v) is 9.48. The van der Waals surface area contributed by atoms with E-state index in [-0.39, 0.29) is 0 Å². The molecule has 2 heterocycles. The summed E-state index contributed by atoms with van der Waals surface area (Å²) in [6.45, 7) is 5.55. The molecule has 0 fully saturated rings. The summed E-state index contributed by atoms with van der Waals surface area (Å²) >= 11 is 2.73. The van der Waals surface area contributed by atoms with Crippen molar-refractivity contribution in [3.05, 3.63) is 27.4 Å². The quantitative estimate of drug-likeness (QED) is 0.765. The van der Waals surface area contributed by atoms with Gasteiger partial charge in [0.15, 0.2) is 5.13 Å². The molecular formula is C12H17N3O2S3. The van der Waals surface area contributed by atoms with E-state index in [1.165, 1.54) is 22.7 Å². The lowest BCUT2D eigenvalue weighted by molar-refractivity contribution is 0.601. The molecular weight excluding hydrogens is 314 g/mol. The van der Waals surface area contributed by atoms with Crippen molar-refractivity contribution in [2.45, 2.75) is 31.7 Å². The molecule has 0 spiro atoms. The Morgan fingerprint density at radius 2 is 2.10 bits per heavy atom. The van der Waals surface area contributed by atoms with Crippen LogP contribution in [-0.2, 0) is 16.6 Å². The maximum Gasteiger partial charge on any atom is 0.264 e. The van der Waals surface area contributed by atoms with E-state index in [1.54, 1.807) is 11.4 Å². The second kappa shape index (κ2) is 6.66. The lowest BCUT2D eigenvalue weighted by atomic mass is 10.4. The minimum absolute atomic E-state index is 0.295. The van der Waals surface area contributed by atoms with Crippen molar-refractivity contribution in [2.75, 3.05) is 11.3 Å². The average molecular weight is 331 g/mol. The van der Waals surface area contributed by atoms with E-state index in [2.05, 4.69) is 21.9 Å². The van der Waals surface area contributed by atoms with Gasteiger partial charge in [-0.3, -0.25) is 4.72 Å². The summed E-state index contributed by atoms with van der Waals surface area (Å²) < 4.78 is 26.9. The minimum Gasteiger partial charge on any atom is -0.312 e. The third kappa shape index (κ3) is 4.02. The number of sulfonamides is 1. The molecule has 0 atom stereocenters. The highest BCUT2D eigenvalue weighted by Gasteiger charge is 2.17. The Morgan fingerprint density at radius 1 is 1.30 bits per heavy atom. The van der Waals surface area contributed by atoms with Gasteiger partial charge in [-0.1, -0.05) is 6.92 Å². The van der Waals surface area contributed by atoms with Crippen molar-refractivity contribution in [3.8, 4) is 0 Å². The Morgan fingerprint density at radius 3 is 2.75 bits per heavy atom. The first kappa shape index (κ1) is 15.4. The van der Waals surface area contributed by atoms with E-state index in [9.17, 15) is 8.42 Å². The second-order valence-electron chi connectivity index (χ2n) is 4.33. The molecule has 2 N–H and O–H groups in total. The first-order valence-electron chi connectivity index (χ1n) is 6.24. The summed E-state index contributed by atoms with van der Waals surface area (Å²) in [4.78, 5) is 5.41. The average Bonchev–Trinajstić information content (AvgIpc) is 2.99. The molecule has 2 aromatic rings. The van der Waals surface area contributed by atoms with Gasteiger partial charge in [-0.05, 0) is 26.0 Å². The number of anilines is 1.